The summed E-state index contributed by atoms with van der Waals surface area (Å²) in [6, 6.07) is 5.27. The van der Waals surface area contributed by atoms with Crippen LogP contribution >= 0.6 is 0 Å². The first-order chi connectivity index (χ1) is 10.0. The molecule has 0 radical (unpaired) electrons. The molecule has 2 aromatic heterocycles. The van der Waals surface area contributed by atoms with Gasteiger partial charge >= 0.3 is 5.97 Å². The molecule has 0 saturated carbocycles. The maximum atomic E-state index is 12.2. The highest BCUT2D eigenvalue weighted by atomic mass is 16.4. The number of likely N-dealkylation sites (tertiary alicyclic amines) is 1. The summed E-state index contributed by atoms with van der Waals surface area (Å²) in [5.41, 5.74) is 1.11. The summed E-state index contributed by atoms with van der Waals surface area (Å²) >= 11 is 0. The Bertz CT molecular complexity index is 705. The Labute approximate surface area is 120 Å². The van der Waals surface area contributed by atoms with Crippen LogP contribution in [0.5, 0.6) is 0 Å². The predicted octanol–water partition coefficient (Wildman–Crippen LogP) is 0.377. The predicted molar refractivity (Wildman–Crippen MR) is 70.9 cm³/mol. The number of amides is 1. The average Bonchev–Trinajstić information content (AvgIpc) is 2.86. The normalized spacial score (nSPS) is 14.8. The molecule has 0 aromatic carbocycles. The van der Waals surface area contributed by atoms with Crippen LogP contribution in [-0.4, -0.2) is 55.0 Å². The van der Waals surface area contributed by atoms with E-state index in [1.54, 1.807) is 17.0 Å². The third-order valence-electron chi connectivity index (χ3n) is 3.36. The Balaban J connectivity index is 1.65. The van der Waals surface area contributed by atoms with E-state index in [0.717, 1.165) is 5.69 Å². The lowest BCUT2D eigenvalue weighted by molar-refractivity contribution is 0.0491. The molecule has 0 unspecified atom stereocenters. The number of aryl methyl sites for hydroxylation is 1. The van der Waals surface area contributed by atoms with Crippen molar-refractivity contribution < 1.29 is 14.7 Å². The van der Waals surface area contributed by atoms with E-state index in [9.17, 15) is 9.59 Å². The molecule has 1 aliphatic rings. The zero-order chi connectivity index (χ0) is 15.0. The topological polar surface area (TPSA) is 101 Å². The van der Waals surface area contributed by atoms with Gasteiger partial charge in [0, 0.05) is 18.8 Å². The first kappa shape index (κ1) is 13.2. The molecule has 21 heavy (non-hydrogen) atoms. The molecule has 1 aliphatic heterocycles. The van der Waals surface area contributed by atoms with Crippen molar-refractivity contribution in [2.24, 2.45) is 0 Å². The minimum absolute atomic E-state index is 0.0423. The first-order valence-electron chi connectivity index (χ1n) is 6.42. The van der Waals surface area contributed by atoms with Gasteiger partial charge in [-0.3, -0.25) is 4.79 Å². The number of carbonyl (C=O) groups is 2. The molecule has 2 aromatic rings. The molecule has 8 nitrogen and oxygen atoms in total. The van der Waals surface area contributed by atoms with E-state index >= 15 is 0 Å². The Kier molecular flexibility index (Phi) is 3.13. The van der Waals surface area contributed by atoms with Crippen molar-refractivity contribution in [2.45, 2.75) is 13.0 Å². The van der Waals surface area contributed by atoms with Gasteiger partial charge in [0.15, 0.2) is 5.69 Å². The Morgan fingerprint density at radius 3 is 2.67 bits per heavy atom. The summed E-state index contributed by atoms with van der Waals surface area (Å²) in [4.78, 5) is 28.8. The maximum absolute atomic E-state index is 12.2. The molecule has 0 spiro atoms. The van der Waals surface area contributed by atoms with E-state index in [-0.39, 0.29) is 17.6 Å². The zero-order valence-corrected chi connectivity index (χ0v) is 11.3. The lowest BCUT2D eigenvalue weighted by Gasteiger charge is -2.38. The maximum Gasteiger partial charge on any atom is 0.358 e. The van der Waals surface area contributed by atoms with Gasteiger partial charge in [-0.05, 0) is 19.1 Å². The van der Waals surface area contributed by atoms with Crippen LogP contribution in [0.15, 0.2) is 24.4 Å². The summed E-state index contributed by atoms with van der Waals surface area (Å²) < 4.78 is 1.48. The van der Waals surface area contributed by atoms with E-state index in [1.165, 1.54) is 10.9 Å². The van der Waals surface area contributed by atoms with Gasteiger partial charge in [-0.1, -0.05) is 11.3 Å². The van der Waals surface area contributed by atoms with Crippen molar-refractivity contribution >= 4 is 11.9 Å². The molecule has 1 saturated heterocycles. The van der Waals surface area contributed by atoms with E-state index in [2.05, 4.69) is 15.3 Å². The molecular formula is C13H13N5O3. The van der Waals surface area contributed by atoms with Crippen LogP contribution in [0.3, 0.4) is 0 Å². The third-order valence-corrected chi connectivity index (χ3v) is 3.36. The summed E-state index contributed by atoms with van der Waals surface area (Å²) in [5.74, 6) is -1.24. The largest absolute Gasteiger partial charge is 0.476 e. The number of carboxylic acids is 1. The molecule has 1 fully saturated rings. The smallest absolute Gasteiger partial charge is 0.358 e. The highest BCUT2D eigenvalue weighted by Gasteiger charge is 2.34. The molecular weight excluding hydrogens is 274 g/mol. The minimum Gasteiger partial charge on any atom is -0.476 e. The van der Waals surface area contributed by atoms with Gasteiger partial charge < -0.3 is 10.0 Å². The van der Waals surface area contributed by atoms with E-state index in [1.807, 2.05) is 13.0 Å². The van der Waals surface area contributed by atoms with E-state index in [4.69, 9.17) is 5.11 Å². The molecule has 3 heterocycles. The lowest BCUT2D eigenvalue weighted by Crippen LogP contribution is -2.51. The van der Waals surface area contributed by atoms with Crippen LogP contribution in [0.1, 0.15) is 32.7 Å². The van der Waals surface area contributed by atoms with Gasteiger partial charge in [-0.25, -0.2) is 14.5 Å². The summed E-state index contributed by atoms with van der Waals surface area (Å²) in [7, 11) is 0. The van der Waals surface area contributed by atoms with Crippen molar-refractivity contribution in [1.29, 1.82) is 0 Å². The number of aromatic nitrogens is 4. The zero-order valence-electron chi connectivity index (χ0n) is 11.3. The van der Waals surface area contributed by atoms with Crippen LogP contribution in [0, 0.1) is 6.92 Å². The molecule has 3 rings (SSSR count). The van der Waals surface area contributed by atoms with Crippen molar-refractivity contribution in [3.63, 3.8) is 0 Å². The third kappa shape index (κ3) is 2.47. The van der Waals surface area contributed by atoms with Gasteiger partial charge in [-0.15, -0.1) is 5.10 Å². The number of pyridine rings is 1. The second kappa shape index (κ2) is 4.97. The minimum atomic E-state index is -1.11. The van der Waals surface area contributed by atoms with Crippen LogP contribution in [-0.2, 0) is 0 Å². The Morgan fingerprint density at radius 2 is 2.05 bits per heavy atom. The van der Waals surface area contributed by atoms with E-state index in [0.29, 0.717) is 18.8 Å². The number of nitrogens with zero attached hydrogens (tertiary/aromatic N) is 5. The number of hydrogen-bond donors (Lipinski definition) is 1. The summed E-state index contributed by atoms with van der Waals surface area (Å²) in [6.07, 6.45) is 1.37. The Morgan fingerprint density at radius 1 is 1.29 bits per heavy atom. The lowest BCUT2D eigenvalue weighted by atomic mass is 10.1. The number of carboxylic acid groups (broad SMARTS) is 1. The molecule has 1 amide bonds. The van der Waals surface area contributed by atoms with Crippen LogP contribution in [0.4, 0.5) is 0 Å². The second-order valence-electron chi connectivity index (χ2n) is 4.92. The van der Waals surface area contributed by atoms with Crippen LogP contribution < -0.4 is 0 Å². The monoisotopic (exact) mass is 287 g/mol. The Hall–Kier alpha value is -2.77. The van der Waals surface area contributed by atoms with Crippen LogP contribution in [0.2, 0.25) is 0 Å². The van der Waals surface area contributed by atoms with Gasteiger partial charge in [0.25, 0.3) is 5.91 Å². The van der Waals surface area contributed by atoms with E-state index < -0.39 is 5.97 Å². The molecule has 0 aliphatic carbocycles. The molecule has 8 heteroatoms. The second-order valence-corrected chi connectivity index (χ2v) is 4.92. The fourth-order valence-corrected chi connectivity index (χ4v) is 2.17. The summed E-state index contributed by atoms with van der Waals surface area (Å²) in [6.45, 7) is 2.77. The quantitative estimate of drug-likeness (QED) is 0.875. The highest BCUT2D eigenvalue weighted by Crippen LogP contribution is 2.22. The fraction of sp³-hybridized carbons (Fsp3) is 0.308. The van der Waals surface area contributed by atoms with Gasteiger partial charge in [0.2, 0.25) is 0 Å². The van der Waals surface area contributed by atoms with Crippen LogP contribution in [0.25, 0.3) is 0 Å². The van der Waals surface area contributed by atoms with Crippen molar-refractivity contribution in [1.82, 2.24) is 24.9 Å². The summed E-state index contributed by atoms with van der Waals surface area (Å²) in [5, 5.41) is 16.1. The number of hydrogen-bond acceptors (Lipinski definition) is 5. The molecule has 0 bridgehead atoms. The average molecular weight is 287 g/mol. The van der Waals surface area contributed by atoms with Gasteiger partial charge in [-0.2, -0.15) is 0 Å². The number of aromatic carboxylic acids is 1. The molecule has 0 atom stereocenters. The van der Waals surface area contributed by atoms with Crippen molar-refractivity contribution in [3.05, 3.63) is 41.5 Å². The standard InChI is InChI=1S/C13H13N5O3/c1-8-3-2-4-10(14-8)12(19)17-5-9(6-17)18-7-11(13(20)21)15-16-18/h2-4,7,9H,5-6H2,1H3,(H,20,21). The SMILES string of the molecule is Cc1cccc(C(=O)N2CC(n3cc(C(=O)O)nn3)C2)n1. The van der Waals surface area contributed by atoms with Crippen molar-refractivity contribution in [2.75, 3.05) is 13.1 Å². The number of carbonyl (C=O) groups excluding carboxylic acids is 1. The highest BCUT2D eigenvalue weighted by molar-refractivity contribution is 5.92. The molecule has 1 N–H and O–H groups in total. The van der Waals surface area contributed by atoms with Gasteiger partial charge in [0.05, 0.1) is 12.2 Å². The number of rotatable bonds is 3. The van der Waals surface area contributed by atoms with Gasteiger partial charge in [0.1, 0.15) is 5.69 Å². The fourth-order valence-electron chi connectivity index (χ4n) is 2.17. The molecule has 108 valence electrons. The first-order valence-corrected chi connectivity index (χ1v) is 6.42. The van der Waals surface area contributed by atoms with Crippen molar-refractivity contribution in [3.8, 4) is 0 Å².